The highest BCUT2D eigenvalue weighted by Crippen LogP contribution is 2.26. The number of halogens is 1. The number of benzene rings is 2. The molecule has 0 unspecified atom stereocenters. The summed E-state index contributed by atoms with van der Waals surface area (Å²) in [7, 11) is 1.87. The van der Waals surface area contributed by atoms with Crippen molar-refractivity contribution in [2.45, 2.75) is 32.5 Å². The fraction of sp³-hybridized carbons (Fsp3) is 0.286. The number of thioether (sulfide) groups is 1. The van der Waals surface area contributed by atoms with Crippen molar-refractivity contribution in [3.05, 3.63) is 63.4 Å². The average Bonchev–Trinajstić information content (AvgIpc) is 3.05. The molecule has 1 amide bonds. The largest absolute Gasteiger partial charge is 0.486 e. The zero-order valence-electron chi connectivity index (χ0n) is 16.8. The van der Waals surface area contributed by atoms with Gasteiger partial charge in [-0.2, -0.15) is 0 Å². The van der Waals surface area contributed by atoms with E-state index < -0.39 is 0 Å². The van der Waals surface area contributed by atoms with E-state index in [4.69, 9.17) is 4.74 Å². The molecular weight excluding hydrogens is 452 g/mol. The van der Waals surface area contributed by atoms with Crippen LogP contribution in [-0.4, -0.2) is 26.4 Å². The maximum Gasteiger partial charge on any atom is 0.234 e. The van der Waals surface area contributed by atoms with E-state index in [1.807, 2.05) is 68.8 Å². The molecule has 8 heteroatoms. The Labute approximate surface area is 183 Å². The third-order valence-corrected chi connectivity index (χ3v) is 6.49. The Morgan fingerprint density at radius 2 is 1.97 bits per heavy atom. The van der Waals surface area contributed by atoms with Crippen molar-refractivity contribution in [2.24, 2.45) is 7.05 Å². The minimum absolute atomic E-state index is 0.0830. The summed E-state index contributed by atoms with van der Waals surface area (Å²) in [6.07, 6.45) is 0. The summed E-state index contributed by atoms with van der Waals surface area (Å²) < 4.78 is 8.67. The Hall–Kier alpha value is -2.32. The molecule has 29 heavy (non-hydrogen) atoms. The van der Waals surface area contributed by atoms with E-state index in [9.17, 15) is 4.79 Å². The van der Waals surface area contributed by atoms with Crippen LogP contribution in [0, 0.1) is 20.8 Å². The van der Waals surface area contributed by atoms with E-state index >= 15 is 0 Å². The highest BCUT2D eigenvalue weighted by molar-refractivity contribution is 9.10. The lowest BCUT2D eigenvalue weighted by atomic mass is 10.1. The minimum Gasteiger partial charge on any atom is -0.486 e. The SMILES string of the molecule is Cc1cccc(OCc2nnc(SCC(=O)Nc3ccc(Br)c(C)c3C)n2C)c1. The lowest BCUT2D eigenvalue weighted by Crippen LogP contribution is -2.15. The summed E-state index contributed by atoms with van der Waals surface area (Å²) in [6.45, 7) is 6.35. The third-order valence-electron chi connectivity index (χ3n) is 4.61. The first-order valence-corrected chi connectivity index (χ1v) is 10.9. The summed E-state index contributed by atoms with van der Waals surface area (Å²) in [5.41, 5.74) is 4.12. The lowest BCUT2D eigenvalue weighted by molar-refractivity contribution is -0.113. The van der Waals surface area contributed by atoms with E-state index in [1.165, 1.54) is 11.8 Å². The number of amides is 1. The second kappa shape index (κ2) is 9.45. The second-order valence-corrected chi connectivity index (χ2v) is 8.54. The molecule has 2 aromatic carbocycles. The molecule has 0 radical (unpaired) electrons. The van der Waals surface area contributed by atoms with Gasteiger partial charge in [-0.3, -0.25) is 4.79 Å². The van der Waals surface area contributed by atoms with Crippen LogP contribution in [-0.2, 0) is 18.4 Å². The van der Waals surface area contributed by atoms with E-state index in [0.29, 0.717) is 17.6 Å². The number of anilines is 1. The van der Waals surface area contributed by atoms with Crippen LogP contribution < -0.4 is 10.1 Å². The maximum absolute atomic E-state index is 12.4. The van der Waals surface area contributed by atoms with Gasteiger partial charge >= 0.3 is 0 Å². The molecule has 0 aliphatic heterocycles. The molecular formula is C21H23BrN4O2S. The molecule has 0 saturated carbocycles. The quantitative estimate of drug-likeness (QED) is 0.497. The van der Waals surface area contributed by atoms with Gasteiger partial charge in [0.2, 0.25) is 5.91 Å². The fourth-order valence-corrected chi connectivity index (χ4v) is 3.85. The van der Waals surface area contributed by atoms with Gasteiger partial charge in [-0.15, -0.1) is 10.2 Å². The Bertz CT molecular complexity index is 1040. The van der Waals surface area contributed by atoms with Crippen LogP contribution in [0.2, 0.25) is 0 Å². The van der Waals surface area contributed by atoms with Crippen LogP contribution in [0.4, 0.5) is 5.69 Å². The molecule has 0 spiro atoms. The first kappa shape index (κ1) is 21.4. The van der Waals surface area contributed by atoms with Crippen LogP contribution in [0.15, 0.2) is 46.0 Å². The molecule has 3 aromatic rings. The Kier molecular flexibility index (Phi) is 6.97. The summed E-state index contributed by atoms with van der Waals surface area (Å²) >= 11 is 4.85. The monoisotopic (exact) mass is 474 g/mol. The third kappa shape index (κ3) is 5.39. The number of carbonyl (C=O) groups is 1. The topological polar surface area (TPSA) is 69.0 Å². The predicted molar refractivity (Wildman–Crippen MR) is 119 cm³/mol. The van der Waals surface area contributed by atoms with E-state index in [-0.39, 0.29) is 11.7 Å². The van der Waals surface area contributed by atoms with Crippen molar-refractivity contribution in [1.82, 2.24) is 14.8 Å². The van der Waals surface area contributed by atoms with Gasteiger partial charge in [-0.25, -0.2) is 0 Å². The molecule has 0 saturated heterocycles. The molecule has 0 bridgehead atoms. The number of ether oxygens (including phenoxy) is 1. The van der Waals surface area contributed by atoms with Gasteiger partial charge in [0.15, 0.2) is 11.0 Å². The molecule has 0 aliphatic carbocycles. The minimum atomic E-state index is -0.0830. The van der Waals surface area contributed by atoms with Crippen LogP contribution in [0.25, 0.3) is 0 Å². The molecule has 0 aliphatic rings. The molecule has 1 aromatic heterocycles. The Morgan fingerprint density at radius 3 is 2.72 bits per heavy atom. The van der Waals surface area contributed by atoms with Gasteiger partial charge in [0.1, 0.15) is 12.4 Å². The van der Waals surface area contributed by atoms with E-state index in [0.717, 1.165) is 32.6 Å². The van der Waals surface area contributed by atoms with Gasteiger partial charge in [0.25, 0.3) is 0 Å². The first-order chi connectivity index (χ1) is 13.8. The van der Waals surface area contributed by atoms with Crippen molar-refractivity contribution < 1.29 is 9.53 Å². The summed E-state index contributed by atoms with van der Waals surface area (Å²) in [6, 6.07) is 11.7. The highest BCUT2D eigenvalue weighted by Gasteiger charge is 2.13. The van der Waals surface area contributed by atoms with Crippen LogP contribution in [0.3, 0.4) is 0 Å². The van der Waals surface area contributed by atoms with Crippen LogP contribution >= 0.6 is 27.7 Å². The predicted octanol–water partition coefficient (Wildman–Crippen LogP) is 4.81. The van der Waals surface area contributed by atoms with E-state index in [2.05, 4.69) is 31.4 Å². The molecule has 0 atom stereocenters. The fourth-order valence-electron chi connectivity index (χ4n) is 2.69. The Balaban J connectivity index is 1.56. The number of carbonyl (C=O) groups excluding carboxylic acids is 1. The first-order valence-electron chi connectivity index (χ1n) is 9.11. The standard InChI is InChI=1S/C21H23BrN4O2S/c1-13-6-5-7-16(10-13)28-11-19-24-25-21(26(19)4)29-12-20(27)23-18-9-8-17(22)14(2)15(18)3/h5-10H,11-12H2,1-4H3,(H,23,27). The van der Waals surface area contributed by atoms with Crippen molar-refractivity contribution in [3.63, 3.8) is 0 Å². The summed E-state index contributed by atoms with van der Waals surface area (Å²) in [5, 5.41) is 12.0. The molecule has 1 heterocycles. The number of nitrogens with zero attached hydrogens (tertiary/aromatic N) is 3. The zero-order chi connectivity index (χ0) is 21.0. The molecule has 1 N–H and O–H groups in total. The number of aromatic nitrogens is 3. The molecule has 3 rings (SSSR count). The highest BCUT2D eigenvalue weighted by atomic mass is 79.9. The van der Waals surface area contributed by atoms with Crippen molar-refractivity contribution >= 4 is 39.3 Å². The molecule has 6 nitrogen and oxygen atoms in total. The van der Waals surface area contributed by atoms with Crippen molar-refractivity contribution in [1.29, 1.82) is 0 Å². The number of hydrogen-bond donors (Lipinski definition) is 1. The van der Waals surface area contributed by atoms with Gasteiger partial charge in [-0.05, 0) is 61.7 Å². The number of hydrogen-bond acceptors (Lipinski definition) is 5. The van der Waals surface area contributed by atoms with Crippen LogP contribution in [0.5, 0.6) is 5.75 Å². The normalized spacial score (nSPS) is 10.8. The number of aryl methyl sites for hydroxylation is 1. The average molecular weight is 475 g/mol. The second-order valence-electron chi connectivity index (χ2n) is 6.74. The zero-order valence-corrected chi connectivity index (χ0v) is 19.2. The summed E-state index contributed by atoms with van der Waals surface area (Å²) in [4.78, 5) is 12.4. The van der Waals surface area contributed by atoms with Crippen molar-refractivity contribution in [3.8, 4) is 5.75 Å². The summed E-state index contributed by atoms with van der Waals surface area (Å²) in [5.74, 6) is 1.66. The lowest BCUT2D eigenvalue weighted by Gasteiger charge is -2.11. The van der Waals surface area contributed by atoms with Gasteiger partial charge in [-0.1, -0.05) is 39.8 Å². The smallest absolute Gasteiger partial charge is 0.234 e. The number of nitrogens with one attached hydrogen (secondary N) is 1. The van der Waals surface area contributed by atoms with Crippen LogP contribution in [0.1, 0.15) is 22.5 Å². The van der Waals surface area contributed by atoms with Gasteiger partial charge in [0, 0.05) is 17.2 Å². The molecule has 152 valence electrons. The Morgan fingerprint density at radius 1 is 1.17 bits per heavy atom. The molecule has 0 fully saturated rings. The van der Waals surface area contributed by atoms with Gasteiger partial charge in [0.05, 0.1) is 5.75 Å². The number of rotatable bonds is 7. The van der Waals surface area contributed by atoms with E-state index in [1.54, 1.807) is 0 Å². The van der Waals surface area contributed by atoms with Crippen molar-refractivity contribution in [2.75, 3.05) is 11.1 Å². The maximum atomic E-state index is 12.4. The van der Waals surface area contributed by atoms with Gasteiger partial charge < -0.3 is 14.6 Å².